The number of ether oxygens (including phenoxy) is 2. The highest BCUT2D eigenvalue weighted by molar-refractivity contribution is 5.85. The Kier molecular flexibility index (Phi) is 4.89. The van der Waals surface area contributed by atoms with Gasteiger partial charge in [-0.15, -0.1) is 0 Å². The molecule has 0 amide bonds. The molecule has 1 aliphatic rings. The summed E-state index contributed by atoms with van der Waals surface area (Å²) in [4.78, 5) is 3.65. The van der Waals surface area contributed by atoms with E-state index in [1.165, 1.54) is 39.9 Å². The van der Waals surface area contributed by atoms with Crippen molar-refractivity contribution < 1.29 is 19.2 Å². The van der Waals surface area contributed by atoms with Crippen molar-refractivity contribution in [3.8, 4) is 11.5 Å². The fourth-order valence-electron chi connectivity index (χ4n) is 4.37. The molecule has 0 spiro atoms. The van der Waals surface area contributed by atoms with Gasteiger partial charge in [-0.2, -0.15) is 0 Å². The Hall–Kier alpha value is -3.31. The standard InChI is InChI=1S/C25H23FN2O2/c1-29-23-11-6-16(14-17(23)15-30-19-9-7-18(26)8-10-19)24-25-21(12-13-27-24)20-4-2-3-5-22(20)28-25/h2-11,14,24,27-28H,12-13,15H2,1H3/p+1/t24-/m0/s1. The number of benzene rings is 3. The van der Waals surface area contributed by atoms with Crippen LogP contribution in [0.3, 0.4) is 0 Å². The predicted octanol–water partition coefficient (Wildman–Crippen LogP) is 4.10. The number of hydrogen-bond acceptors (Lipinski definition) is 2. The fourth-order valence-corrected chi connectivity index (χ4v) is 4.37. The predicted molar refractivity (Wildman–Crippen MR) is 114 cm³/mol. The molecule has 1 atom stereocenters. The first-order chi connectivity index (χ1) is 14.7. The zero-order valence-corrected chi connectivity index (χ0v) is 16.8. The van der Waals surface area contributed by atoms with Crippen LogP contribution in [0.1, 0.15) is 28.4 Å². The molecule has 5 heteroatoms. The molecule has 4 nitrogen and oxygen atoms in total. The summed E-state index contributed by atoms with van der Waals surface area (Å²) in [6.45, 7) is 1.40. The third-order valence-electron chi connectivity index (χ3n) is 5.83. The molecular formula is C25H24FN2O2+. The zero-order valence-electron chi connectivity index (χ0n) is 16.8. The van der Waals surface area contributed by atoms with Crippen molar-refractivity contribution in [3.05, 3.63) is 94.9 Å². The lowest BCUT2D eigenvalue weighted by atomic mass is 9.93. The number of halogens is 1. The van der Waals surface area contributed by atoms with Crippen LogP contribution in [0.5, 0.6) is 11.5 Å². The lowest BCUT2D eigenvalue weighted by Gasteiger charge is -2.22. The maximum Gasteiger partial charge on any atom is 0.153 e. The Bertz CT molecular complexity index is 1180. The van der Waals surface area contributed by atoms with E-state index in [0.29, 0.717) is 12.4 Å². The number of fused-ring (bicyclic) bond motifs is 3. The molecular weight excluding hydrogens is 379 g/mol. The maximum atomic E-state index is 13.1. The monoisotopic (exact) mass is 403 g/mol. The number of aromatic nitrogens is 1. The van der Waals surface area contributed by atoms with Crippen molar-refractivity contribution in [2.45, 2.75) is 19.1 Å². The summed E-state index contributed by atoms with van der Waals surface area (Å²) in [6, 6.07) is 21.1. The molecule has 30 heavy (non-hydrogen) atoms. The summed E-state index contributed by atoms with van der Waals surface area (Å²) < 4.78 is 24.6. The van der Waals surface area contributed by atoms with Crippen molar-refractivity contribution in [2.24, 2.45) is 0 Å². The van der Waals surface area contributed by atoms with Crippen LogP contribution in [0.15, 0.2) is 66.7 Å². The van der Waals surface area contributed by atoms with Crippen LogP contribution in [0.4, 0.5) is 4.39 Å². The third-order valence-corrected chi connectivity index (χ3v) is 5.83. The number of nitrogens with two attached hydrogens (primary N) is 1. The summed E-state index contributed by atoms with van der Waals surface area (Å²) in [6.07, 6.45) is 1.06. The maximum absolute atomic E-state index is 13.1. The molecule has 0 radical (unpaired) electrons. The number of methoxy groups -OCH3 is 1. The molecule has 5 rings (SSSR count). The summed E-state index contributed by atoms with van der Waals surface area (Å²) >= 11 is 0. The molecule has 1 aliphatic heterocycles. The van der Waals surface area contributed by atoms with Crippen molar-refractivity contribution in [1.82, 2.24) is 4.98 Å². The van der Waals surface area contributed by atoms with Gasteiger partial charge in [0.25, 0.3) is 0 Å². The molecule has 2 heterocycles. The van der Waals surface area contributed by atoms with E-state index in [0.717, 1.165) is 24.3 Å². The van der Waals surface area contributed by atoms with Gasteiger partial charge in [-0.1, -0.05) is 18.2 Å². The van der Waals surface area contributed by atoms with Crippen LogP contribution in [0, 0.1) is 5.82 Å². The van der Waals surface area contributed by atoms with Crippen LogP contribution in [0.2, 0.25) is 0 Å². The summed E-state index contributed by atoms with van der Waals surface area (Å²) in [7, 11) is 1.67. The second kappa shape index (κ2) is 7.84. The Morgan fingerprint density at radius 2 is 1.90 bits per heavy atom. The van der Waals surface area contributed by atoms with E-state index in [2.05, 4.69) is 46.7 Å². The second-order valence-electron chi connectivity index (χ2n) is 7.63. The Labute approximate surface area is 174 Å². The number of H-pyrrole nitrogens is 1. The minimum Gasteiger partial charge on any atom is -0.496 e. The molecule has 3 N–H and O–H groups in total. The van der Waals surface area contributed by atoms with Crippen LogP contribution < -0.4 is 14.8 Å². The third kappa shape index (κ3) is 3.42. The molecule has 0 unspecified atom stereocenters. The summed E-state index contributed by atoms with van der Waals surface area (Å²) in [5.41, 5.74) is 6.06. The number of para-hydroxylation sites is 1. The first-order valence-electron chi connectivity index (χ1n) is 10.2. The van der Waals surface area contributed by atoms with Crippen molar-refractivity contribution in [1.29, 1.82) is 0 Å². The first-order valence-corrected chi connectivity index (χ1v) is 10.2. The first kappa shape index (κ1) is 18.7. The number of quaternary nitrogens is 1. The topological polar surface area (TPSA) is 50.9 Å². The lowest BCUT2D eigenvalue weighted by Crippen LogP contribution is -2.87. The SMILES string of the molecule is COc1ccc([C@@H]2[NH2+]CCc3c2[nH]c2ccccc32)cc1COc1ccc(F)cc1. The van der Waals surface area contributed by atoms with E-state index in [9.17, 15) is 4.39 Å². The molecule has 0 bridgehead atoms. The minimum absolute atomic E-state index is 0.205. The highest BCUT2D eigenvalue weighted by Crippen LogP contribution is 2.32. The largest absolute Gasteiger partial charge is 0.496 e. The van der Waals surface area contributed by atoms with Gasteiger partial charge in [-0.05, 0) is 54.1 Å². The molecule has 0 saturated heterocycles. The number of hydrogen-bond donors (Lipinski definition) is 2. The molecule has 0 aliphatic carbocycles. The van der Waals surface area contributed by atoms with E-state index >= 15 is 0 Å². The van der Waals surface area contributed by atoms with Crippen LogP contribution in [-0.2, 0) is 13.0 Å². The average Bonchev–Trinajstić information content (AvgIpc) is 3.17. The molecule has 152 valence electrons. The van der Waals surface area contributed by atoms with Gasteiger partial charge >= 0.3 is 0 Å². The van der Waals surface area contributed by atoms with Gasteiger partial charge < -0.3 is 19.8 Å². The average molecular weight is 403 g/mol. The molecule has 0 saturated carbocycles. The van der Waals surface area contributed by atoms with Gasteiger partial charge in [0.1, 0.15) is 23.9 Å². The van der Waals surface area contributed by atoms with Crippen LogP contribution in [-0.4, -0.2) is 18.6 Å². The highest BCUT2D eigenvalue weighted by atomic mass is 19.1. The quantitative estimate of drug-likeness (QED) is 0.527. The van der Waals surface area contributed by atoms with E-state index in [1.807, 2.05) is 6.07 Å². The molecule has 3 aromatic carbocycles. The lowest BCUT2D eigenvalue weighted by molar-refractivity contribution is -0.690. The van der Waals surface area contributed by atoms with E-state index in [1.54, 1.807) is 19.2 Å². The Balaban J connectivity index is 1.47. The van der Waals surface area contributed by atoms with Crippen molar-refractivity contribution in [2.75, 3.05) is 13.7 Å². The van der Waals surface area contributed by atoms with Gasteiger partial charge in [-0.3, -0.25) is 0 Å². The minimum atomic E-state index is -0.274. The number of nitrogens with one attached hydrogen (secondary N) is 1. The van der Waals surface area contributed by atoms with Crippen LogP contribution >= 0.6 is 0 Å². The van der Waals surface area contributed by atoms with Gasteiger partial charge in [0, 0.05) is 28.5 Å². The highest BCUT2D eigenvalue weighted by Gasteiger charge is 2.29. The summed E-state index contributed by atoms with van der Waals surface area (Å²) in [5.74, 6) is 1.14. The molecule has 0 fully saturated rings. The van der Waals surface area contributed by atoms with Gasteiger partial charge in [-0.25, -0.2) is 4.39 Å². The van der Waals surface area contributed by atoms with Gasteiger partial charge in [0.15, 0.2) is 6.04 Å². The van der Waals surface area contributed by atoms with E-state index in [-0.39, 0.29) is 11.9 Å². The molecule has 4 aromatic rings. The van der Waals surface area contributed by atoms with E-state index < -0.39 is 0 Å². The van der Waals surface area contributed by atoms with Crippen molar-refractivity contribution in [3.63, 3.8) is 0 Å². The fraction of sp³-hybridized carbons (Fsp3) is 0.200. The Morgan fingerprint density at radius 3 is 2.73 bits per heavy atom. The number of rotatable bonds is 5. The zero-order chi connectivity index (χ0) is 20.5. The van der Waals surface area contributed by atoms with Crippen LogP contribution in [0.25, 0.3) is 10.9 Å². The summed E-state index contributed by atoms with van der Waals surface area (Å²) in [5, 5.41) is 3.70. The smallest absolute Gasteiger partial charge is 0.153 e. The van der Waals surface area contributed by atoms with Gasteiger partial charge in [0.05, 0.1) is 19.3 Å². The van der Waals surface area contributed by atoms with Gasteiger partial charge in [0.2, 0.25) is 0 Å². The van der Waals surface area contributed by atoms with E-state index in [4.69, 9.17) is 9.47 Å². The number of aromatic amines is 1. The second-order valence-corrected chi connectivity index (χ2v) is 7.63. The molecule has 1 aromatic heterocycles. The normalized spacial score (nSPS) is 15.7. The van der Waals surface area contributed by atoms with Crippen molar-refractivity contribution >= 4 is 10.9 Å². The Morgan fingerprint density at radius 1 is 1.07 bits per heavy atom.